The Morgan fingerprint density at radius 1 is 0.634 bits per heavy atom. The molecular weight excluding hydrogens is 506 g/mol. The summed E-state index contributed by atoms with van der Waals surface area (Å²) in [6.07, 6.45) is 21.1. The third-order valence-electron chi connectivity index (χ3n) is 7.60. The van der Waals surface area contributed by atoms with Gasteiger partial charge in [0.25, 0.3) is 0 Å². The first kappa shape index (κ1) is 32.5. The van der Waals surface area contributed by atoms with Crippen molar-refractivity contribution in [1.82, 2.24) is 4.98 Å². The third kappa shape index (κ3) is 13.0. The number of esters is 1. The molecular formula is C37H51NO3. The summed E-state index contributed by atoms with van der Waals surface area (Å²) in [7, 11) is 0. The van der Waals surface area contributed by atoms with Gasteiger partial charge in [0.2, 0.25) is 0 Å². The Hall–Kier alpha value is -2.98. The van der Waals surface area contributed by atoms with E-state index in [2.05, 4.69) is 37.0 Å². The van der Waals surface area contributed by atoms with Crippen molar-refractivity contribution in [3.8, 4) is 17.0 Å². The number of aryl methyl sites for hydroxylation is 1. The minimum atomic E-state index is -0.334. The zero-order chi connectivity index (χ0) is 29.0. The summed E-state index contributed by atoms with van der Waals surface area (Å²) < 4.78 is 11.4. The number of unbranched alkanes of at least 4 members (excludes halogenated alkanes) is 12. The van der Waals surface area contributed by atoms with Crippen LogP contribution < -0.4 is 4.74 Å². The Labute approximate surface area is 248 Å². The van der Waals surface area contributed by atoms with E-state index >= 15 is 0 Å². The topological polar surface area (TPSA) is 48.4 Å². The fourth-order valence-electron chi connectivity index (χ4n) is 4.99. The molecule has 4 heteroatoms. The van der Waals surface area contributed by atoms with E-state index in [0.29, 0.717) is 17.9 Å². The molecule has 0 aliphatic carbocycles. The highest BCUT2D eigenvalue weighted by Gasteiger charge is 2.09. The van der Waals surface area contributed by atoms with E-state index in [1.165, 1.54) is 89.0 Å². The minimum Gasteiger partial charge on any atom is -0.423 e. The zero-order valence-electron chi connectivity index (χ0n) is 25.5. The summed E-state index contributed by atoms with van der Waals surface area (Å²) in [5.41, 5.74) is 4.79. The summed E-state index contributed by atoms with van der Waals surface area (Å²) in [5.74, 6) is 0.196. The highest BCUT2D eigenvalue weighted by atomic mass is 16.5. The fourth-order valence-corrected chi connectivity index (χ4v) is 4.99. The first-order valence-corrected chi connectivity index (χ1v) is 16.1. The van der Waals surface area contributed by atoms with Gasteiger partial charge in [0, 0.05) is 18.4 Å². The monoisotopic (exact) mass is 557 g/mol. The van der Waals surface area contributed by atoms with Gasteiger partial charge in [-0.1, -0.05) is 109 Å². The number of rotatable bonds is 21. The molecule has 0 spiro atoms. The molecule has 222 valence electrons. The maximum atomic E-state index is 12.7. The van der Waals surface area contributed by atoms with Gasteiger partial charge in [-0.3, -0.25) is 4.98 Å². The second-order valence-electron chi connectivity index (χ2n) is 11.2. The van der Waals surface area contributed by atoms with Crippen molar-refractivity contribution < 1.29 is 14.3 Å². The van der Waals surface area contributed by atoms with Crippen molar-refractivity contribution in [3.05, 3.63) is 83.6 Å². The van der Waals surface area contributed by atoms with Gasteiger partial charge in [0.05, 0.1) is 17.9 Å². The number of aromatic nitrogens is 1. The lowest BCUT2D eigenvalue weighted by molar-refractivity contribution is 0.0734. The van der Waals surface area contributed by atoms with Crippen molar-refractivity contribution in [2.24, 2.45) is 0 Å². The maximum Gasteiger partial charge on any atom is 0.343 e. The molecule has 0 unspecified atom stereocenters. The fraction of sp³-hybridized carbons (Fsp3) is 0.514. The van der Waals surface area contributed by atoms with Crippen molar-refractivity contribution in [2.45, 2.75) is 117 Å². The van der Waals surface area contributed by atoms with Crippen LogP contribution in [0.5, 0.6) is 5.75 Å². The molecule has 3 rings (SSSR count). The van der Waals surface area contributed by atoms with Crippen LogP contribution in [0.4, 0.5) is 0 Å². The molecule has 0 bridgehead atoms. The van der Waals surface area contributed by atoms with E-state index in [0.717, 1.165) is 36.3 Å². The lowest BCUT2D eigenvalue weighted by Gasteiger charge is -2.08. The second kappa shape index (κ2) is 20.0. The van der Waals surface area contributed by atoms with Gasteiger partial charge in [0.1, 0.15) is 5.75 Å². The molecule has 0 aliphatic heterocycles. The van der Waals surface area contributed by atoms with E-state index in [-0.39, 0.29) is 5.97 Å². The van der Waals surface area contributed by atoms with Crippen LogP contribution in [0, 0.1) is 0 Å². The summed E-state index contributed by atoms with van der Waals surface area (Å²) in [6, 6.07) is 19.5. The molecule has 0 N–H and O–H groups in total. The molecule has 0 atom stereocenters. The molecule has 2 aromatic carbocycles. The van der Waals surface area contributed by atoms with Crippen LogP contribution in [0.25, 0.3) is 11.3 Å². The number of pyridine rings is 1. The van der Waals surface area contributed by atoms with Crippen molar-refractivity contribution in [2.75, 3.05) is 6.61 Å². The highest BCUT2D eigenvalue weighted by molar-refractivity contribution is 5.91. The zero-order valence-corrected chi connectivity index (χ0v) is 25.5. The second-order valence-corrected chi connectivity index (χ2v) is 11.2. The molecule has 0 amide bonds. The maximum absolute atomic E-state index is 12.7. The van der Waals surface area contributed by atoms with Crippen LogP contribution in [-0.4, -0.2) is 17.6 Å². The van der Waals surface area contributed by atoms with Crippen LogP contribution in [0.2, 0.25) is 0 Å². The third-order valence-corrected chi connectivity index (χ3v) is 7.60. The number of benzene rings is 2. The molecule has 0 aliphatic rings. The molecule has 1 heterocycles. The number of carbonyl (C=O) groups is 1. The largest absolute Gasteiger partial charge is 0.423 e. The Morgan fingerprint density at radius 2 is 1.22 bits per heavy atom. The SMILES string of the molecule is CCCCCCCCCCc1ccc(C(=O)Oc2ccc(-c3ccc(COCCCCCCCC)cn3)cc2)cc1. The summed E-state index contributed by atoms with van der Waals surface area (Å²) in [5, 5.41) is 0. The van der Waals surface area contributed by atoms with E-state index in [9.17, 15) is 4.79 Å². The Kier molecular flexibility index (Phi) is 15.9. The number of nitrogens with zero attached hydrogens (tertiary/aromatic N) is 1. The van der Waals surface area contributed by atoms with Crippen LogP contribution in [0.3, 0.4) is 0 Å². The van der Waals surface area contributed by atoms with Gasteiger partial charge >= 0.3 is 5.97 Å². The molecule has 3 aromatic rings. The summed E-state index contributed by atoms with van der Waals surface area (Å²) in [4.78, 5) is 17.3. The molecule has 1 aromatic heterocycles. The lowest BCUT2D eigenvalue weighted by atomic mass is 10.0. The number of carbonyl (C=O) groups excluding carboxylic acids is 1. The van der Waals surface area contributed by atoms with E-state index in [1.54, 1.807) is 0 Å². The summed E-state index contributed by atoms with van der Waals surface area (Å²) >= 11 is 0. The van der Waals surface area contributed by atoms with Gasteiger partial charge in [-0.2, -0.15) is 0 Å². The quantitative estimate of drug-likeness (QED) is 0.0742. The van der Waals surface area contributed by atoms with Crippen LogP contribution in [0.15, 0.2) is 66.9 Å². The first-order valence-electron chi connectivity index (χ1n) is 16.1. The Morgan fingerprint density at radius 3 is 1.83 bits per heavy atom. The predicted molar refractivity (Wildman–Crippen MR) is 170 cm³/mol. The Bertz CT molecular complexity index is 1090. The van der Waals surface area contributed by atoms with Gasteiger partial charge in [0.15, 0.2) is 0 Å². The molecule has 0 radical (unpaired) electrons. The average molecular weight is 558 g/mol. The van der Waals surface area contributed by atoms with Crippen LogP contribution >= 0.6 is 0 Å². The highest BCUT2D eigenvalue weighted by Crippen LogP contribution is 2.22. The van der Waals surface area contributed by atoms with Gasteiger partial charge < -0.3 is 9.47 Å². The standard InChI is InChI=1S/C37H51NO3/c1-3-5-7-9-11-12-13-15-17-31-18-21-34(22-19-31)37(39)41-35-25-23-33(24-26-35)36-27-20-32(29-38-36)30-40-28-16-14-10-8-6-4-2/h18-27,29H,3-17,28,30H2,1-2H3. The predicted octanol–water partition coefficient (Wildman–Crippen LogP) is 10.5. The molecule has 0 saturated carbocycles. The number of hydrogen-bond acceptors (Lipinski definition) is 4. The van der Waals surface area contributed by atoms with Gasteiger partial charge in [-0.05, 0) is 72.9 Å². The Balaban J connectivity index is 1.36. The van der Waals surface area contributed by atoms with Gasteiger partial charge in [-0.15, -0.1) is 0 Å². The van der Waals surface area contributed by atoms with Crippen molar-refractivity contribution in [1.29, 1.82) is 0 Å². The average Bonchev–Trinajstić information content (AvgIpc) is 3.01. The molecule has 41 heavy (non-hydrogen) atoms. The normalized spacial score (nSPS) is 11.1. The smallest absolute Gasteiger partial charge is 0.343 e. The van der Waals surface area contributed by atoms with Crippen molar-refractivity contribution >= 4 is 5.97 Å². The van der Waals surface area contributed by atoms with E-state index in [4.69, 9.17) is 9.47 Å². The molecule has 0 saturated heterocycles. The van der Waals surface area contributed by atoms with Crippen LogP contribution in [-0.2, 0) is 17.8 Å². The first-order chi connectivity index (χ1) is 20.2. The minimum absolute atomic E-state index is 0.334. The molecule has 0 fully saturated rings. The summed E-state index contributed by atoms with van der Waals surface area (Å²) in [6.45, 7) is 5.90. The lowest BCUT2D eigenvalue weighted by Crippen LogP contribution is -2.08. The molecule has 4 nitrogen and oxygen atoms in total. The number of hydrogen-bond donors (Lipinski definition) is 0. The van der Waals surface area contributed by atoms with E-state index in [1.807, 2.05) is 48.7 Å². The van der Waals surface area contributed by atoms with E-state index < -0.39 is 0 Å². The van der Waals surface area contributed by atoms with Crippen molar-refractivity contribution in [3.63, 3.8) is 0 Å². The van der Waals surface area contributed by atoms with Crippen LogP contribution in [0.1, 0.15) is 125 Å². The van der Waals surface area contributed by atoms with Gasteiger partial charge in [-0.25, -0.2) is 4.79 Å². The number of ether oxygens (including phenoxy) is 2.